The fourth-order valence-electron chi connectivity index (χ4n) is 3.91. The highest BCUT2D eigenvalue weighted by Crippen LogP contribution is 2.29. The molecule has 152 valence electrons. The van der Waals surface area contributed by atoms with Crippen molar-refractivity contribution in [3.05, 3.63) is 35.9 Å². The van der Waals surface area contributed by atoms with E-state index in [4.69, 9.17) is 4.74 Å². The lowest BCUT2D eigenvalue weighted by atomic mass is 10.0. The molecule has 4 N–H and O–H groups in total. The Balaban J connectivity index is 1.63. The van der Waals surface area contributed by atoms with E-state index in [9.17, 15) is 9.90 Å². The Bertz CT molecular complexity index is 837. The lowest BCUT2D eigenvalue weighted by molar-refractivity contribution is -1.02. The number of carbonyl (C=O) groups excluding carboxylic acids is 1. The number of phenolic OH excluding ortho intramolecular Hbond substituents is 1. The number of hydrogen-bond acceptors (Lipinski definition) is 3. The van der Waals surface area contributed by atoms with Crippen molar-refractivity contribution in [3.63, 3.8) is 0 Å². The zero-order chi connectivity index (χ0) is 20.3. The van der Waals surface area contributed by atoms with E-state index in [0.717, 1.165) is 54.8 Å². The number of amides is 1. The second kappa shape index (κ2) is 8.37. The summed E-state index contributed by atoms with van der Waals surface area (Å²) < 4.78 is 5.36. The van der Waals surface area contributed by atoms with Crippen LogP contribution >= 0.6 is 0 Å². The van der Waals surface area contributed by atoms with E-state index in [-0.39, 0.29) is 11.4 Å². The Morgan fingerprint density at radius 3 is 2.39 bits per heavy atom. The van der Waals surface area contributed by atoms with Gasteiger partial charge < -0.3 is 25.0 Å². The van der Waals surface area contributed by atoms with E-state index in [1.165, 1.54) is 9.80 Å². The lowest BCUT2D eigenvalue weighted by Crippen LogP contribution is -3.28. The fourth-order valence-corrected chi connectivity index (χ4v) is 3.91. The van der Waals surface area contributed by atoms with Gasteiger partial charge in [-0.3, -0.25) is 4.79 Å². The maximum atomic E-state index is 12.2. The van der Waals surface area contributed by atoms with Gasteiger partial charge in [-0.25, -0.2) is 0 Å². The number of phenols is 1. The Morgan fingerprint density at radius 2 is 1.75 bits per heavy atom. The summed E-state index contributed by atoms with van der Waals surface area (Å²) in [4.78, 5) is 14.9. The smallest absolute Gasteiger partial charge is 0.275 e. The summed E-state index contributed by atoms with van der Waals surface area (Å²) in [5.41, 5.74) is 0.789. The molecule has 6 nitrogen and oxygen atoms in total. The van der Waals surface area contributed by atoms with Gasteiger partial charge in [-0.15, -0.1) is 0 Å². The largest absolute Gasteiger partial charge is 0.507 e. The molecule has 1 amide bonds. The monoisotopic (exact) mass is 387 g/mol. The number of ether oxygens (including phenoxy) is 1. The van der Waals surface area contributed by atoms with Crippen LogP contribution in [0.4, 0.5) is 0 Å². The Kier molecular flexibility index (Phi) is 6.10. The van der Waals surface area contributed by atoms with Crippen molar-refractivity contribution in [1.82, 2.24) is 5.32 Å². The molecular weight excluding hydrogens is 354 g/mol. The molecule has 2 aromatic carbocycles. The van der Waals surface area contributed by atoms with E-state index < -0.39 is 0 Å². The van der Waals surface area contributed by atoms with Crippen molar-refractivity contribution >= 4 is 16.7 Å². The molecule has 0 bridgehead atoms. The third-order valence-electron chi connectivity index (χ3n) is 5.33. The fraction of sp³-hybridized carbons (Fsp3) is 0.500. The maximum Gasteiger partial charge on any atom is 0.275 e. The number of piperazine rings is 1. The van der Waals surface area contributed by atoms with Crippen LogP contribution in [-0.2, 0) is 11.3 Å². The summed E-state index contributed by atoms with van der Waals surface area (Å²) in [7, 11) is 1.66. The van der Waals surface area contributed by atoms with Gasteiger partial charge in [-0.05, 0) is 49.7 Å². The number of benzene rings is 2. The molecule has 0 saturated carbocycles. The molecule has 1 heterocycles. The van der Waals surface area contributed by atoms with Crippen LogP contribution in [0.3, 0.4) is 0 Å². The van der Waals surface area contributed by atoms with Crippen molar-refractivity contribution in [2.75, 3.05) is 39.8 Å². The van der Waals surface area contributed by atoms with E-state index in [1.807, 2.05) is 45.0 Å². The van der Waals surface area contributed by atoms with E-state index in [0.29, 0.717) is 12.3 Å². The van der Waals surface area contributed by atoms with E-state index >= 15 is 0 Å². The van der Waals surface area contributed by atoms with E-state index in [1.54, 1.807) is 13.2 Å². The minimum atomic E-state index is -0.184. The van der Waals surface area contributed by atoms with Gasteiger partial charge in [-0.1, -0.05) is 12.1 Å². The normalized spacial score (nSPS) is 20.1. The Morgan fingerprint density at radius 1 is 1.11 bits per heavy atom. The first-order chi connectivity index (χ1) is 13.2. The average Bonchev–Trinajstić information content (AvgIpc) is 2.63. The van der Waals surface area contributed by atoms with Crippen molar-refractivity contribution in [2.24, 2.45) is 0 Å². The number of aromatic hydroxyl groups is 1. The highest BCUT2D eigenvalue weighted by Gasteiger charge is 2.27. The molecule has 3 rings (SSSR count). The minimum absolute atomic E-state index is 0.116. The summed E-state index contributed by atoms with van der Waals surface area (Å²) in [5, 5.41) is 15.7. The second-order valence-corrected chi connectivity index (χ2v) is 8.80. The van der Waals surface area contributed by atoms with Crippen molar-refractivity contribution in [1.29, 1.82) is 0 Å². The van der Waals surface area contributed by atoms with Gasteiger partial charge >= 0.3 is 0 Å². The molecule has 0 atom stereocenters. The molecule has 1 fully saturated rings. The molecule has 1 aliphatic heterocycles. The first kappa shape index (κ1) is 20.4. The summed E-state index contributed by atoms with van der Waals surface area (Å²) in [6, 6.07) is 9.70. The number of carbonyl (C=O) groups is 1. The molecule has 0 aliphatic carbocycles. The standard InChI is InChI=1S/C22H31N3O3/c1-22(2,3)23-21(27)15-25-11-9-24(10-12-25)14-19-18-13-17(28-4)7-5-16(18)6-8-20(19)26/h5-8,13,26H,9-12,14-15H2,1-4H3,(H,23,27)/p+2. The number of rotatable bonds is 5. The molecule has 0 spiro atoms. The van der Waals surface area contributed by atoms with Gasteiger partial charge in [0, 0.05) is 5.54 Å². The topological polar surface area (TPSA) is 67.4 Å². The molecule has 6 heteroatoms. The molecule has 0 unspecified atom stereocenters. The zero-order valence-corrected chi connectivity index (χ0v) is 17.4. The highest BCUT2D eigenvalue weighted by atomic mass is 16.5. The Labute approximate surface area is 167 Å². The predicted octanol–water partition coefficient (Wildman–Crippen LogP) is -0.248. The van der Waals surface area contributed by atoms with Crippen LogP contribution in [0.5, 0.6) is 11.5 Å². The first-order valence-corrected chi connectivity index (χ1v) is 10.0. The average molecular weight is 388 g/mol. The van der Waals surface area contributed by atoms with Crippen LogP contribution in [0, 0.1) is 0 Å². The van der Waals surface area contributed by atoms with Gasteiger partial charge in [0.2, 0.25) is 0 Å². The minimum Gasteiger partial charge on any atom is -0.507 e. The van der Waals surface area contributed by atoms with Crippen LogP contribution < -0.4 is 19.9 Å². The quantitative estimate of drug-likeness (QED) is 0.572. The van der Waals surface area contributed by atoms with Gasteiger partial charge in [0.05, 0.1) is 12.7 Å². The van der Waals surface area contributed by atoms with Crippen LogP contribution in [-0.4, -0.2) is 56.4 Å². The van der Waals surface area contributed by atoms with Crippen LogP contribution in [0.2, 0.25) is 0 Å². The van der Waals surface area contributed by atoms with E-state index in [2.05, 4.69) is 5.32 Å². The molecular formula is C22H33N3O3+2. The predicted molar refractivity (Wildman–Crippen MR) is 110 cm³/mol. The summed E-state index contributed by atoms with van der Waals surface area (Å²) in [6.07, 6.45) is 0. The number of hydrogen-bond donors (Lipinski definition) is 4. The second-order valence-electron chi connectivity index (χ2n) is 8.80. The maximum absolute atomic E-state index is 12.2. The molecule has 1 aliphatic rings. The molecule has 1 saturated heterocycles. The van der Waals surface area contributed by atoms with Gasteiger partial charge in [0.25, 0.3) is 5.91 Å². The van der Waals surface area contributed by atoms with Gasteiger partial charge in [0.15, 0.2) is 6.54 Å². The number of methoxy groups -OCH3 is 1. The molecule has 0 radical (unpaired) electrons. The van der Waals surface area contributed by atoms with Crippen molar-refractivity contribution < 1.29 is 24.4 Å². The SMILES string of the molecule is COc1ccc2ccc(O)c(C[NH+]3CC[NH+](CC(=O)NC(C)(C)C)CC3)c2c1. The summed E-state index contributed by atoms with van der Waals surface area (Å²) >= 11 is 0. The highest BCUT2D eigenvalue weighted by molar-refractivity contribution is 5.88. The van der Waals surface area contributed by atoms with Crippen LogP contribution in [0.25, 0.3) is 10.8 Å². The summed E-state index contributed by atoms with van der Waals surface area (Å²) in [6.45, 7) is 11.2. The number of nitrogens with one attached hydrogen (secondary N) is 3. The third kappa shape index (κ3) is 5.14. The van der Waals surface area contributed by atoms with Gasteiger partial charge in [-0.2, -0.15) is 0 Å². The Hall–Kier alpha value is -2.31. The molecule has 0 aromatic heterocycles. The van der Waals surface area contributed by atoms with Crippen molar-refractivity contribution in [3.8, 4) is 11.5 Å². The number of fused-ring (bicyclic) bond motifs is 1. The summed E-state index contributed by atoms with van der Waals surface area (Å²) in [5.74, 6) is 1.26. The van der Waals surface area contributed by atoms with Crippen LogP contribution in [0.1, 0.15) is 26.3 Å². The molecule has 28 heavy (non-hydrogen) atoms. The van der Waals surface area contributed by atoms with Crippen molar-refractivity contribution in [2.45, 2.75) is 32.9 Å². The lowest BCUT2D eigenvalue weighted by Gasteiger charge is -2.30. The van der Waals surface area contributed by atoms with Crippen LogP contribution in [0.15, 0.2) is 30.3 Å². The third-order valence-corrected chi connectivity index (χ3v) is 5.33. The molecule has 2 aromatic rings. The zero-order valence-electron chi connectivity index (χ0n) is 17.4. The first-order valence-electron chi connectivity index (χ1n) is 10.0. The van der Waals surface area contributed by atoms with Gasteiger partial charge in [0.1, 0.15) is 44.2 Å². The number of quaternary nitrogens is 2.